The van der Waals surface area contributed by atoms with Gasteiger partial charge in [0.15, 0.2) is 0 Å². The van der Waals surface area contributed by atoms with Gasteiger partial charge in [0.05, 0.1) is 12.1 Å². The maximum Gasteiger partial charge on any atom is 0.407 e. The second kappa shape index (κ2) is 11.8. The highest BCUT2D eigenvalue weighted by Crippen LogP contribution is 2.45. The molecule has 2 aromatic rings. The van der Waals surface area contributed by atoms with Gasteiger partial charge in [-0.3, -0.25) is 4.98 Å². The number of hydrogen-bond donors (Lipinski definition) is 3. The van der Waals surface area contributed by atoms with Crippen molar-refractivity contribution in [1.29, 1.82) is 0 Å². The summed E-state index contributed by atoms with van der Waals surface area (Å²) < 4.78 is 0. The number of carbonyl (C=O) groups is 2. The van der Waals surface area contributed by atoms with E-state index >= 15 is 0 Å². The average molecular weight is 508 g/mol. The van der Waals surface area contributed by atoms with Gasteiger partial charge in [-0.05, 0) is 41.5 Å². The lowest BCUT2D eigenvalue weighted by Crippen LogP contribution is -2.72. The van der Waals surface area contributed by atoms with Gasteiger partial charge in [-0.25, -0.2) is 9.59 Å². The summed E-state index contributed by atoms with van der Waals surface area (Å²) in [7, 11) is 0. The van der Waals surface area contributed by atoms with Gasteiger partial charge in [0, 0.05) is 50.2 Å². The minimum absolute atomic E-state index is 0.00846. The molecule has 200 valence electrons. The van der Waals surface area contributed by atoms with Gasteiger partial charge < -0.3 is 25.5 Å². The van der Waals surface area contributed by atoms with Crippen molar-refractivity contribution in [3.63, 3.8) is 0 Å². The van der Waals surface area contributed by atoms with Crippen LogP contribution < -0.4 is 15.5 Å². The molecule has 2 aliphatic rings. The van der Waals surface area contributed by atoms with Crippen molar-refractivity contribution >= 4 is 17.8 Å². The number of para-hydroxylation sites is 1. The third-order valence-electron chi connectivity index (χ3n) is 7.66. The minimum atomic E-state index is -0.819. The maximum atomic E-state index is 12.0. The number of anilines is 1. The summed E-state index contributed by atoms with van der Waals surface area (Å²) in [5, 5.41) is 15.5. The van der Waals surface area contributed by atoms with E-state index in [2.05, 4.69) is 65.6 Å². The predicted molar refractivity (Wildman–Crippen MR) is 146 cm³/mol. The van der Waals surface area contributed by atoms with E-state index in [0.29, 0.717) is 25.6 Å². The fraction of sp³-hybridized carbons (Fsp3) is 0.552. The molecule has 3 amide bonds. The number of fused-ring (bicyclic) bond motifs is 1. The van der Waals surface area contributed by atoms with Crippen molar-refractivity contribution in [2.75, 3.05) is 24.5 Å². The Morgan fingerprint density at radius 3 is 2.54 bits per heavy atom. The molecule has 3 unspecified atom stereocenters. The monoisotopic (exact) mass is 507 g/mol. The Labute approximate surface area is 220 Å². The summed E-state index contributed by atoms with van der Waals surface area (Å²) in [4.78, 5) is 31.9. The van der Waals surface area contributed by atoms with Crippen LogP contribution in [0.5, 0.6) is 0 Å². The molecule has 3 N–H and O–H groups in total. The Kier molecular flexibility index (Phi) is 8.56. The molecule has 0 bridgehead atoms. The molecule has 0 aliphatic carbocycles. The van der Waals surface area contributed by atoms with Crippen LogP contribution in [0.4, 0.5) is 15.3 Å². The number of likely N-dealkylation sites (tertiary alicyclic amines) is 1. The first-order chi connectivity index (χ1) is 17.8. The van der Waals surface area contributed by atoms with E-state index in [1.807, 2.05) is 12.1 Å². The first-order valence-corrected chi connectivity index (χ1v) is 13.5. The molecule has 1 aromatic carbocycles. The number of carbonyl (C=O) groups excluding carboxylic acids is 1. The highest BCUT2D eigenvalue weighted by Gasteiger charge is 2.52. The molecule has 4 rings (SSSR count). The standard InChI is InChI=1S/C29H41N5O3/c1-29(2,3)26-25(20-34(26)28(36)37)33-19-22(23-13-7-8-14-24(23)33)12-6-4-5-9-16-31-27(35)32-18-21-11-10-15-30-17-21/h7-8,10-11,13-15,17,22,25-26H,4-6,9,12,16,18-20H2,1-3H3,(H,36,37)(H2,31,32,35). The van der Waals surface area contributed by atoms with Crippen molar-refractivity contribution in [3.05, 3.63) is 59.9 Å². The quantitative estimate of drug-likeness (QED) is 0.384. The zero-order chi connectivity index (χ0) is 26.4. The fourth-order valence-electron chi connectivity index (χ4n) is 5.90. The third kappa shape index (κ3) is 6.53. The summed E-state index contributed by atoms with van der Waals surface area (Å²) in [5.74, 6) is 0.479. The molecule has 3 heterocycles. The van der Waals surface area contributed by atoms with Crippen molar-refractivity contribution in [2.45, 2.75) is 77.4 Å². The molecule has 1 aromatic heterocycles. The van der Waals surface area contributed by atoms with E-state index in [1.165, 1.54) is 11.3 Å². The molecule has 2 aliphatic heterocycles. The number of pyridine rings is 1. The zero-order valence-electron chi connectivity index (χ0n) is 22.3. The third-order valence-corrected chi connectivity index (χ3v) is 7.66. The SMILES string of the molecule is CC(C)(C)C1C(N2CC(CCCCCCNC(=O)NCc3cccnc3)c3ccccc32)CN1C(=O)O. The van der Waals surface area contributed by atoms with Gasteiger partial charge in [0.2, 0.25) is 0 Å². The number of unbranched alkanes of at least 4 members (excludes halogenated alkanes) is 3. The van der Waals surface area contributed by atoms with E-state index in [0.717, 1.165) is 44.2 Å². The van der Waals surface area contributed by atoms with Crippen molar-refractivity contribution in [3.8, 4) is 0 Å². The molecule has 0 saturated carbocycles. The Morgan fingerprint density at radius 1 is 1.03 bits per heavy atom. The Hall–Kier alpha value is -3.29. The lowest BCUT2D eigenvalue weighted by atomic mass is 9.75. The Morgan fingerprint density at radius 2 is 1.81 bits per heavy atom. The summed E-state index contributed by atoms with van der Waals surface area (Å²) in [6.07, 6.45) is 8.12. The number of carboxylic acid groups (broad SMARTS) is 1. The van der Waals surface area contributed by atoms with Crippen LogP contribution in [-0.2, 0) is 6.54 Å². The molecular formula is C29H41N5O3. The topological polar surface area (TPSA) is 97.8 Å². The first kappa shape index (κ1) is 26.8. The Bertz CT molecular complexity index is 1060. The lowest BCUT2D eigenvalue weighted by Gasteiger charge is -2.56. The number of nitrogens with one attached hydrogen (secondary N) is 2. The second-order valence-electron chi connectivity index (χ2n) is 11.4. The number of aromatic nitrogens is 1. The molecule has 37 heavy (non-hydrogen) atoms. The van der Waals surface area contributed by atoms with Crippen LogP contribution in [-0.4, -0.2) is 58.8 Å². The number of nitrogens with zero attached hydrogens (tertiary/aromatic N) is 3. The number of rotatable bonds is 10. The van der Waals surface area contributed by atoms with Gasteiger partial charge >= 0.3 is 12.1 Å². The summed E-state index contributed by atoms with van der Waals surface area (Å²) >= 11 is 0. The minimum Gasteiger partial charge on any atom is -0.465 e. The van der Waals surface area contributed by atoms with E-state index < -0.39 is 6.09 Å². The van der Waals surface area contributed by atoms with E-state index in [1.54, 1.807) is 17.3 Å². The maximum absolute atomic E-state index is 12.0. The lowest BCUT2D eigenvalue weighted by molar-refractivity contribution is -0.00140. The zero-order valence-corrected chi connectivity index (χ0v) is 22.3. The van der Waals surface area contributed by atoms with Crippen molar-refractivity contribution < 1.29 is 14.7 Å². The van der Waals surface area contributed by atoms with Crippen molar-refractivity contribution in [1.82, 2.24) is 20.5 Å². The smallest absolute Gasteiger partial charge is 0.407 e. The second-order valence-corrected chi connectivity index (χ2v) is 11.4. The molecular weight excluding hydrogens is 466 g/mol. The van der Waals surface area contributed by atoms with Crippen LogP contribution in [0.15, 0.2) is 48.8 Å². The molecule has 0 radical (unpaired) electrons. The largest absolute Gasteiger partial charge is 0.465 e. The molecule has 1 fully saturated rings. The van der Waals surface area contributed by atoms with Gasteiger partial charge in [0.1, 0.15) is 0 Å². The van der Waals surface area contributed by atoms with Crippen LogP contribution in [0, 0.1) is 5.41 Å². The Balaban J connectivity index is 1.19. The average Bonchev–Trinajstić information content (AvgIpc) is 3.19. The van der Waals surface area contributed by atoms with Gasteiger partial charge in [-0.2, -0.15) is 0 Å². The first-order valence-electron chi connectivity index (χ1n) is 13.5. The van der Waals surface area contributed by atoms with Crippen LogP contribution in [0.2, 0.25) is 0 Å². The van der Waals surface area contributed by atoms with Gasteiger partial charge in [0.25, 0.3) is 0 Å². The summed E-state index contributed by atoms with van der Waals surface area (Å²) in [5.41, 5.74) is 3.54. The van der Waals surface area contributed by atoms with Crippen LogP contribution in [0.25, 0.3) is 0 Å². The van der Waals surface area contributed by atoms with Crippen LogP contribution >= 0.6 is 0 Å². The molecule has 1 saturated heterocycles. The van der Waals surface area contributed by atoms with E-state index in [4.69, 9.17) is 0 Å². The molecule has 3 atom stereocenters. The highest BCUT2D eigenvalue weighted by atomic mass is 16.4. The number of urea groups is 1. The molecule has 8 heteroatoms. The summed E-state index contributed by atoms with van der Waals surface area (Å²) in [6, 6.07) is 12.5. The number of amides is 3. The van der Waals surface area contributed by atoms with Crippen LogP contribution in [0.3, 0.4) is 0 Å². The van der Waals surface area contributed by atoms with Gasteiger partial charge in [-0.15, -0.1) is 0 Å². The molecule has 8 nitrogen and oxygen atoms in total. The van der Waals surface area contributed by atoms with Gasteiger partial charge in [-0.1, -0.05) is 64.3 Å². The predicted octanol–water partition coefficient (Wildman–Crippen LogP) is 5.21. The van der Waals surface area contributed by atoms with E-state index in [9.17, 15) is 14.7 Å². The summed E-state index contributed by atoms with van der Waals surface area (Å²) in [6.45, 7) is 9.10. The number of hydrogen-bond acceptors (Lipinski definition) is 4. The number of benzene rings is 1. The normalized spacial score (nSPS) is 20.8. The molecule has 0 spiro atoms. The van der Waals surface area contributed by atoms with Crippen molar-refractivity contribution in [2.24, 2.45) is 5.41 Å². The van der Waals surface area contributed by atoms with Crippen LogP contribution in [0.1, 0.15) is 69.9 Å². The fourth-order valence-corrected chi connectivity index (χ4v) is 5.90. The highest BCUT2D eigenvalue weighted by molar-refractivity contribution is 5.73. The van der Waals surface area contributed by atoms with E-state index in [-0.39, 0.29) is 23.5 Å².